The maximum atomic E-state index is 13.8. The summed E-state index contributed by atoms with van der Waals surface area (Å²) < 4.78 is 19.2. The number of rotatable bonds is 8. The second kappa shape index (κ2) is 9.42. The highest BCUT2D eigenvalue weighted by atomic mass is 19.1. The highest BCUT2D eigenvalue weighted by Gasteiger charge is 2.15. The lowest BCUT2D eigenvalue weighted by Gasteiger charge is -2.17. The van der Waals surface area contributed by atoms with Crippen LogP contribution in [0.5, 0.6) is 0 Å². The average Bonchev–Trinajstić information content (AvgIpc) is 2.73. The van der Waals surface area contributed by atoms with E-state index < -0.39 is 5.97 Å². The van der Waals surface area contributed by atoms with Crippen molar-refractivity contribution in [1.29, 1.82) is 0 Å². The number of benzene rings is 2. The van der Waals surface area contributed by atoms with Crippen molar-refractivity contribution in [1.82, 2.24) is 9.88 Å². The minimum atomic E-state index is -0.456. The Morgan fingerprint density at radius 2 is 1.82 bits per heavy atom. The van der Waals surface area contributed by atoms with Gasteiger partial charge in [-0.1, -0.05) is 50.2 Å². The summed E-state index contributed by atoms with van der Waals surface area (Å²) in [6.07, 6.45) is 0.776. The molecule has 5 heteroatoms. The summed E-state index contributed by atoms with van der Waals surface area (Å²) in [6, 6.07) is 15.6. The smallest absolute Gasteiger partial charge is 0.356 e. The largest absolute Gasteiger partial charge is 0.461 e. The lowest BCUT2D eigenvalue weighted by Crippen LogP contribution is -2.25. The molecule has 0 fully saturated rings. The molecule has 0 saturated heterocycles. The van der Waals surface area contributed by atoms with E-state index in [-0.39, 0.29) is 11.5 Å². The van der Waals surface area contributed by atoms with E-state index in [0.717, 1.165) is 37.0 Å². The number of pyridine rings is 1. The van der Waals surface area contributed by atoms with Crippen LogP contribution in [0.15, 0.2) is 54.6 Å². The predicted molar refractivity (Wildman–Crippen MR) is 110 cm³/mol. The maximum Gasteiger partial charge on any atom is 0.356 e. The predicted octanol–water partition coefficient (Wildman–Crippen LogP) is 4.93. The van der Waals surface area contributed by atoms with Gasteiger partial charge in [0, 0.05) is 17.5 Å². The van der Waals surface area contributed by atoms with Crippen molar-refractivity contribution in [2.24, 2.45) is 0 Å². The van der Waals surface area contributed by atoms with E-state index in [1.807, 2.05) is 30.3 Å². The van der Waals surface area contributed by atoms with E-state index in [1.54, 1.807) is 12.1 Å². The minimum absolute atomic E-state index is 0.237. The van der Waals surface area contributed by atoms with Crippen LogP contribution < -0.4 is 0 Å². The Morgan fingerprint density at radius 1 is 1.07 bits per heavy atom. The average molecular weight is 380 g/mol. The van der Waals surface area contributed by atoms with E-state index in [0.29, 0.717) is 17.7 Å². The second-order valence-corrected chi connectivity index (χ2v) is 6.60. The zero-order valence-corrected chi connectivity index (χ0v) is 16.3. The van der Waals surface area contributed by atoms with Gasteiger partial charge in [0.15, 0.2) is 0 Å². The lowest BCUT2D eigenvalue weighted by molar-refractivity contribution is 0.0483. The third-order valence-electron chi connectivity index (χ3n) is 4.80. The molecule has 2 aromatic carbocycles. The summed E-state index contributed by atoms with van der Waals surface area (Å²) in [4.78, 5) is 19.3. The Morgan fingerprint density at radius 3 is 2.54 bits per heavy atom. The van der Waals surface area contributed by atoms with Crippen LogP contribution in [0, 0.1) is 5.82 Å². The van der Waals surface area contributed by atoms with Crippen molar-refractivity contribution in [2.75, 3.05) is 26.2 Å². The molecule has 0 atom stereocenters. The quantitative estimate of drug-likeness (QED) is 0.410. The second-order valence-electron chi connectivity index (χ2n) is 6.60. The summed E-state index contributed by atoms with van der Waals surface area (Å²) in [7, 11) is 0. The fourth-order valence-corrected chi connectivity index (χ4v) is 3.21. The number of ether oxygens (including phenoxy) is 1. The van der Waals surface area contributed by atoms with Gasteiger partial charge in [-0.3, -0.25) is 0 Å². The van der Waals surface area contributed by atoms with E-state index >= 15 is 0 Å². The molecule has 4 nitrogen and oxygen atoms in total. The first-order chi connectivity index (χ1) is 13.6. The Hall–Kier alpha value is -2.79. The number of halogens is 1. The zero-order chi connectivity index (χ0) is 19.9. The normalized spacial score (nSPS) is 11.1. The van der Waals surface area contributed by atoms with Crippen molar-refractivity contribution < 1.29 is 13.9 Å². The van der Waals surface area contributed by atoms with Gasteiger partial charge < -0.3 is 9.64 Å². The molecule has 0 N–H and O–H groups in total. The summed E-state index contributed by atoms with van der Waals surface area (Å²) in [6.45, 7) is 7.42. The maximum absolute atomic E-state index is 13.8. The molecule has 0 saturated carbocycles. The summed E-state index contributed by atoms with van der Waals surface area (Å²) in [5.41, 5.74) is 1.64. The number of carbonyl (C=O) groups is 1. The van der Waals surface area contributed by atoms with Crippen LogP contribution in [-0.4, -0.2) is 42.1 Å². The third-order valence-corrected chi connectivity index (χ3v) is 4.80. The van der Waals surface area contributed by atoms with Crippen molar-refractivity contribution >= 4 is 16.7 Å². The highest BCUT2D eigenvalue weighted by Crippen LogP contribution is 2.28. The van der Waals surface area contributed by atoms with Gasteiger partial charge in [-0.05, 0) is 43.1 Å². The van der Waals surface area contributed by atoms with Crippen molar-refractivity contribution in [2.45, 2.75) is 20.3 Å². The number of hydrogen-bond donors (Lipinski definition) is 0. The molecule has 1 aromatic heterocycles. The third kappa shape index (κ3) is 4.73. The summed E-state index contributed by atoms with van der Waals surface area (Å²) in [5, 5.41) is 1.43. The van der Waals surface area contributed by atoms with Crippen molar-refractivity contribution in [3.05, 3.63) is 66.1 Å². The molecule has 0 amide bonds. The molecule has 0 unspecified atom stereocenters. The minimum Gasteiger partial charge on any atom is -0.461 e. The van der Waals surface area contributed by atoms with E-state index in [4.69, 9.17) is 4.74 Å². The van der Waals surface area contributed by atoms with E-state index in [9.17, 15) is 9.18 Å². The Kier molecular flexibility index (Phi) is 6.71. The SMILES string of the molecule is CCN(CC)CCCOC(=O)c1cc2ccc(F)cc2c(-c2ccccc2)n1. The van der Waals surface area contributed by atoms with Crippen LogP contribution in [0.25, 0.3) is 22.0 Å². The van der Waals surface area contributed by atoms with Gasteiger partial charge in [0.25, 0.3) is 0 Å². The lowest BCUT2D eigenvalue weighted by atomic mass is 10.0. The summed E-state index contributed by atoms with van der Waals surface area (Å²) >= 11 is 0. The molecule has 3 aromatic rings. The molecule has 3 rings (SSSR count). The van der Waals surface area contributed by atoms with Crippen LogP contribution in [0.2, 0.25) is 0 Å². The number of esters is 1. The van der Waals surface area contributed by atoms with Crippen LogP contribution in [-0.2, 0) is 4.74 Å². The molecule has 0 spiro atoms. The van der Waals surface area contributed by atoms with Gasteiger partial charge >= 0.3 is 5.97 Å². The number of nitrogens with zero attached hydrogens (tertiary/aromatic N) is 2. The molecule has 28 heavy (non-hydrogen) atoms. The molecular weight excluding hydrogens is 355 g/mol. The number of carbonyl (C=O) groups excluding carboxylic acids is 1. The molecule has 0 radical (unpaired) electrons. The molecule has 0 bridgehead atoms. The molecule has 0 aliphatic rings. The molecule has 146 valence electrons. The van der Waals surface area contributed by atoms with Crippen LogP contribution in [0.3, 0.4) is 0 Å². The van der Waals surface area contributed by atoms with Crippen LogP contribution in [0.1, 0.15) is 30.8 Å². The number of fused-ring (bicyclic) bond motifs is 1. The number of hydrogen-bond acceptors (Lipinski definition) is 4. The van der Waals surface area contributed by atoms with Gasteiger partial charge in [0.1, 0.15) is 11.5 Å². The highest BCUT2D eigenvalue weighted by molar-refractivity contribution is 5.99. The fourth-order valence-electron chi connectivity index (χ4n) is 3.21. The van der Waals surface area contributed by atoms with Crippen LogP contribution >= 0.6 is 0 Å². The van der Waals surface area contributed by atoms with E-state index in [2.05, 4.69) is 23.7 Å². The zero-order valence-electron chi connectivity index (χ0n) is 16.3. The van der Waals surface area contributed by atoms with E-state index in [1.165, 1.54) is 12.1 Å². The Bertz CT molecular complexity index is 940. The first-order valence-corrected chi connectivity index (χ1v) is 9.67. The molecular formula is C23H25FN2O2. The van der Waals surface area contributed by atoms with Gasteiger partial charge in [-0.25, -0.2) is 14.2 Å². The molecule has 0 aliphatic carbocycles. The Labute approximate surface area is 165 Å². The van der Waals surface area contributed by atoms with Gasteiger partial charge in [-0.15, -0.1) is 0 Å². The Balaban J connectivity index is 1.84. The van der Waals surface area contributed by atoms with Crippen LogP contribution in [0.4, 0.5) is 4.39 Å². The van der Waals surface area contributed by atoms with Gasteiger partial charge in [0.2, 0.25) is 0 Å². The van der Waals surface area contributed by atoms with Gasteiger partial charge in [-0.2, -0.15) is 0 Å². The standard InChI is InChI=1S/C23H25FN2O2/c1-3-26(4-2)13-8-14-28-23(27)21-15-18-11-12-19(24)16-20(18)22(25-21)17-9-6-5-7-10-17/h5-7,9-12,15-16H,3-4,8,13-14H2,1-2H3. The first-order valence-electron chi connectivity index (χ1n) is 9.67. The fraction of sp³-hybridized carbons (Fsp3) is 0.304. The molecule has 1 heterocycles. The van der Waals surface area contributed by atoms with Crippen molar-refractivity contribution in [3.8, 4) is 11.3 Å². The topological polar surface area (TPSA) is 42.4 Å². The molecule has 0 aliphatic heterocycles. The first kappa shape index (κ1) is 20.0. The monoisotopic (exact) mass is 380 g/mol. The summed E-state index contributed by atoms with van der Waals surface area (Å²) in [5.74, 6) is -0.791. The van der Waals surface area contributed by atoms with Gasteiger partial charge in [0.05, 0.1) is 12.3 Å². The van der Waals surface area contributed by atoms with Crippen molar-refractivity contribution in [3.63, 3.8) is 0 Å². The number of aromatic nitrogens is 1.